The van der Waals surface area contributed by atoms with E-state index in [4.69, 9.17) is 0 Å². The zero-order chi connectivity index (χ0) is 17.6. The largest absolute Gasteiger partial charge is 0.356 e. The van der Waals surface area contributed by atoms with E-state index in [2.05, 4.69) is 5.32 Å². The van der Waals surface area contributed by atoms with Crippen molar-refractivity contribution in [3.05, 3.63) is 30.1 Å². The van der Waals surface area contributed by atoms with Crippen molar-refractivity contribution in [3.8, 4) is 0 Å². The number of thioether (sulfide) groups is 1. The third-order valence-corrected chi connectivity index (χ3v) is 6.29. The predicted molar refractivity (Wildman–Crippen MR) is 93.9 cm³/mol. The van der Waals surface area contributed by atoms with Crippen molar-refractivity contribution in [2.45, 2.75) is 24.2 Å². The Hall–Kier alpha value is -1.12. The van der Waals surface area contributed by atoms with Gasteiger partial charge in [0.25, 0.3) is 0 Å². The second kappa shape index (κ2) is 8.82. The van der Waals surface area contributed by atoms with Crippen molar-refractivity contribution in [1.82, 2.24) is 9.62 Å². The number of benzene rings is 1. The van der Waals surface area contributed by atoms with Crippen molar-refractivity contribution >= 4 is 27.7 Å². The summed E-state index contributed by atoms with van der Waals surface area (Å²) in [5, 5.41) is 2.89. The lowest BCUT2D eigenvalue weighted by atomic mass is 9.99. The van der Waals surface area contributed by atoms with Crippen LogP contribution in [0.4, 0.5) is 4.39 Å². The lowest BCUT2D eigenvalue weighted by molar-refractivity contribution is -0.126. The van der Waals surface area contributed by atoms with E-state index in [1.54, 1.807) is 23.9 Å². The van der Waals surface area contributed by atoms with Crippen LogP contribution in [0.1, 0.15) is 19.3 Å². The molecule has 134 valence electrons. The Bertz CT molecular complexity index is 650. The number of hydrogen-bond acceptors (Lipinski definition) is 4. The van der Waals surface area contributed by atoms with Gasteiger partial charge in [-0.25, -0.2) is 17.1 Å². The third kappa shape index (κ3) is 6.07. The average molecular weight is 375 g/mol. The summed E-state index contributed by atoms with van der Waals surface area (Å²) in [6, 6.07) is 6.34. The Morgan fingerprint density at radius 1 is 1.38 bits per heavy atom. The van der Waals surface area contributed by atoms with E-state index < -0.39 is 10.0 Å². The summed E-state index contributed by atoms with van der Waals surface area (Å²) in [5.41, 5.74) is 0. The molecule has 1 aliphatic rings. The van der Waals surface area contributed by atoms with Crippen LogP contribution in [-0.2, 0) is 14.8 Å². The summed E-state index contributed by atoms with van der Waals surface area (Å²) in [4.78, 5) is 13.2. The van der Waals surface area contributed by atoms with Crippen LogP contribution in [0.2, 0.25) is 0 Å². The van der Waals surface area contributed by atoms with Crippen molar-refractivity contribution in [1.29, 1.82) is 0 Å². The van der Waals surface area contributed by atoms with E-state index in [0.717, 1.165) is 23.5 Å². The fraction of sp³-hybridized carbons (Fsp3) is 0.562. The Labute approximate surface area is 147 Å². The third-order valence-electron chi connectivity index (χ3n) is 3.93. The van der Waals surface area contributed by atoms with Crippen LogP contribution < -0.4 is 5.32 Å². The standard InChI is InChI=1S/C16H23FN2O3S2/c1-24(21,22)19-10-2-4-13(12-19)16(20)18-9-3-11-23-15-7-5-14(17)6-8-15/h5-8,13H,2-4,9-12H2,1H3,(H,18,20). The average Bonchev–Trinajstić information content (AvgIpc) is 2.55. The summed E-state index contributed by atoms with van der Waals surface area (Å²) in [5.74, 6) is 0.238. The highest BCUT2D eigenvalue weighted by Crippen LogP contribution is 2.20. The van der Waals surface area contributed by atoms with Crippen LogP contribution in [0, 0.1) is 11.7 Å². The Morgan fingerprint density at radius 3 is 2.75 bits per heavy atom. The van der Waals surface area contributed by atoms with Gasteiger partial charge >= 0.3 is 0 Å². The van der Waals surface area contributed by atoms with Crippen molar-refractivity contribution in [2.24, 2.45) is 5.92 Å². The summed E-state index contributed by atoms with van der Waals surface area (Å²) >= 11 is 1.61. The fourth-order valence-electron chi connectivity index (χ4n) is 2.61. The molecule has 1 atom stereocenters. The van der Waals surface area contributed by atoms with Crippen LogP contribution in [0.3, 0.4) is 0 Å². The lowest BCUT2D eigenvalue weighted by Crippen LogP contribution is -2.45. The molecule has 0 spiro atoms. The number of rotatable bonds is 7. The topological polar surface area (TPSA) is 66.5 Å². The normalized spacial score (nSPS) is 19.2. The highest BCUT2D eigenvalue weighted by Gasteiger charge is 2.29. The molecule has 1 aliphatic heterocycles. The van der Waals surface area contributed by atoms with Crippen LogP contribution in [0.5, 0.6) is 0 Å². The first-order valence-corrected chi connectivity index (χ1v) is 10.8. The van der Waals surface area contributed by atoms with Gasteiger partial charge in [-0.05, 0) is 49.3 Å². The van der Waals surface area contributed by atoms with Gasteiger partial charge in [0.15, 0.2) is 0 Å². The smallest absolute Gasteiger partial charge is 0.224 e. The number of sulfonamides is 1. The monoisotopic (exact) mass is 374 g/mol. The minimum Gasteiger partial charge on any atom is -0.356 e. The molecule has 2 rings (SSSR count). The highest BCUT2D eigenvalue weighted by molar-refractivity contribution is 7.99. The molecule has 5 nitrogen and oxygen atoms in total. The fourth-order valence-corrected chi connectivity index (χ4v) is 4.37. The Kier molecular flexibility index (Phi) is 7.06. The molecule has 0 aromatic heterocycles. The molecule has 1 amide bonds. The molecule has 24 heavy (non-hydrogen) atoms. The number of carbonyl (C=O) groups is 1. The highest BCUT2D eigenvalue weighted by atomic mass is 32.2. The first-order valence-electron chi connectivity index (χ1n) is 7.97. The molecular formula is C16H23FN2O3S2. The van der Waals surface area contributed by atoms with E-state index in [0.29, 0.717) is 19.5 Å². The molecule has 0 bridgehead atoms. The molecule has 8 heteroatoms. The van der Waals surface area contributed by atoms with Crippen molar-refractivity contribution in [3.63, 3.8) is 0 Å². The maximum absolute atomic E-state index is 12.8. The lowest BCUT2D eigenvalue weighted by Gasteiger charge is -2.30. The van der Waals surface area contributed by atoms with Gasteiger partial charge in [0.1, 0.15) is 5.82 Å². The Balaban J connectivity index is 1.66. The zero-order valence-corrected chi connectivity index (χ0v) is 15.3. The SMILES string of the molecule is CS(=O)(=O)N1CCCC(C(=O)NCCCSc2ccc(F)cc2)C1. The number of piperidine rings is 1. The second-order valence-corrected chi connectivity index (χ2v) is 9.06. The minimum atomic E-state index is -3.23. The molecular weight excluding hydrogens is 351 g/mol. The van der Waals surface area contributed by atoms with E-state index in [1.807, 2.05) is 0 Å². The van der Waals surface area contributed by atoms with Crippen molar-refractivity contribution in [2.75, 3.05) is 31.6 Å². The number of halogens is 1. The van der Waals surface area contributed by atoms with Gasteiger partial charge in [0, 0.05) is 24.5 Å². The number of nitrogens with zero attached hydrogens (tertiary/aromatic N) is 1. The molecule has 0 saturated carbocycles. The maximum atomic E-state index is 12.8. The molecule has 1 aromatic rings. The summed E-state index contributed by atoms with van der Waals surface area (Å²) in [6.07, 6.45) is 3.42. The van der Waals surface area contributed by atoms with Gasteiger partial charge in [0.2, 0.25) is 15.9 Å². The molecule has 1 aromatic carbocycles. The molecule has 1 unspecified atom stereocenters. The van der Waals surface area contributed by atoms with Gasteiger partial charge in [-0.15, -0.1) is 11.8 Å². The van der Waals surface area contributed by atoms with Crippen LogP contribution in [0.25, 0.3) is 0 Å². The van der Waals surface area contributed by atoms with Crippen LogP contribution in [0.15, 0.2) is 29.2 Å². The number of nitrogens with one attached hydrogen (secondary N) is 1. The quantitative estimate of drug-likeness (QED) is 0.586. The molecule has 1 heterocycles. The minimum absolute atomic E-state index is 0.0740. The van der Waals surface area contributed by atoms with Gasteiger partial charge in [-0.1, -0.05) is 0 Å². The van der Waals surface area contributed by atoms with Crippen LogP contribution in [-0.4, -0.2) is 50.3 Å². The van der Waals surface area contributed by atoms with Gasteiger partial charge in [-0.2, -0.15) is 0 Å². The van der Waals surface area contributed by atoms with E-state index in [1.165, 1.54) is 22.7 Å². The first kappa shape index (κ1) is 19.2. The van der Waals surface area contributed by atoms with Crippen molar-refractivity contribution < 1.29 is 17.6 Å². The van der Waals surface area contributed by atoms with Gasteiger partial charge < -0.3 is 5.32 Å². The second-order valence-electron chi connectivity index (χ2n) is 5.91. The van der Waals surface area contributed by atoms with E-state index in [-0.39, 0.29) is 24.2 Å². The maximum Gasteiger partial charge on any atom is 0.224 e. The van der Waals surface area contributed by atoms with Gasteiger partial charge in [-0.3, -0.25) is 4.79 Å². The number of amides is 1. The van der Waals surface area contributed by atoms with Crippen LogP contribution >= 0.6 is 11.8 Å². The molecule has 0 radical (unpaired) electrons. The van der Waals surface area contributed by atoms with Gasteiger partial charge in [0.05, 0.1) is 12.2 Å². The molecule has 1 saturated heterocycles. The summed E-state index contributed by atoms with van der Waals surface area (Å²) in [7, 11) is -3.23. The van der Waals surface area contributed by atoms with E-state index in [9.17, 15) is 17.6 Å². The first-order chi connectivity index (χ1) is 11.4. The predicted octanol–water partition coefficient (Wildman–Crippen LogP) is 2.10. The summed E-state index contributed by atoms with van der Waals surface area (Å²) < 4.78 is 37.3. The number of carbonyl (C=O) groups excluding carboxylic acids is 1. The summed E-state index contributed by atoms with van der Waals surface area (Å²) in [6.45, 7) is 1.33. The molecule has 0 aliphatic carbocycles. The molecule has 1 N–H and O–H groups in total. The Morgan fingerprint density at radius 2 is 2.08 bits per heavy atom. The van der Waals surface area contributed by atoms with E-state index >= 15 is 0 Å². The molecule has 1 fully saturated rings. The number of hydrogen-bond donors (Lipinski definition) is 1. The zero-order valence-electron chi connectivity index (χ0n) is 13.7.